The van der Waals surface area contributed by atoms with E-state index in [9.17, 15) is 4.79 Å². The Labute approximate surface area is 107 Å². The highest BCUT2D eigenvalue weighted by molar-refractivity contribution is 5.83. The summed E-state index contributed by atoms with van der Waals surface area (Å²) in [6.07, 6.45) is 2.66. The van der Waals surface area contributed by atoms with Crippen molar-refractivity contribution in [2.45, 2.75) is 39.3 Å². The number of nitrogens with one attached hydrogen (secondary N) is 1. The summed E-state index contributed by atoms with van der Waals surface area (Å²) < 4.78 is 1.91. The summed E-state index contributed by atoms with van der Waals surface area (Å²) in [5, 5.41) is 2.99. The summed E-state index contributed by atoms with van der Waals surface area (Å²) in [5.74, 6) is 0.0347. The highest BCUT2D eigenvalue weighted by Crippen LogP contribution is 2.17. The third-order valence-corrected chi connectivity index (χ3v) is 3.28. The van der Waals surface area contributed by atoms with Crippen molar-refractivity contribution in [1.29, 1.82) is 0 Å². The van der Waals surface area contributed by atoms with Crippen LogP contribution in [0.1, 0.15) is 33.2 Å². The van der Waals surface area contributed by atoms with Crippen molar-refractivity contribution in [3.05, 3.63) is 30.6 Å². The van der Waals surface area contributed by atoms with Gasteiger partial charge >= 0.3 is 0 Å². The summed E-state index contributed by atoms with van der Waals surface area (Å²) in [6, 6.07) is 7.80. The predicted octanol–water partition coefficient (Wildman–Crippen LogP) is 2.51. The number of carbonyl (C=O) groups excluding carboxylic acids is 1. The van der Waals surface area contributed by atoms with Crippen LogP contribution in [-0.2, 0) is 4.79 Å². The van der Waals surface area contributed by atoms with Crippen LogP contribution in [0.5, 0.6) is 0 Å². The maximum absolute atomic E-state index is 12.1. The minimum atomic E-state index is -0.244. The molecule has 18 heavy (non-hydrogen) atoms. The van der Waals surface area contributed by atoms with Gasteiger partial charge < -0.3 is 9.88 Å². The van der Waals surface area contributed by atoms with E-state index in [1.165, 1.54) is 0 Å². The molecule has 1 aromatic heterocycles. The lowest BCUT2D eigenvalue weighted by atomic mass is 10.2. The zero-order valence-corrected chi connectivity index (χ0v) is 11.1. The molecule has 4 heteroatoms. The number of para-hydroxylation sites is 2. The number of nitrogens with zero attached hydrogens (tertiary/aromatic N) is 2. The molecule has 0 saturated carbocycles. The lowest BCUT2D eigenvalue weighted by Gasteiger charge is -2.17. The van der Waals surface area contributed by atoms with Crippen LogP contribution in [0.2, 0.25) is 0 Å². The molecule has 1 amide bonds. The highest BCUT2D eigenvalue weighted by atomic mass is 16.2. The minimum Gasteiger partial charge on any atom is -0.352 e. The van der Waals surface area contributed by atoms with Crippen molar-refractivity contribution < 1.29 is 4.79 Å². The number of imidazole rings is 1. The second-order valence-electron chi connectivity index (χ2n) is 4.63. The summed E-state index contributed by atoms with van der Waals surface area (Å²) in [5.41, 5.74) is 1.91. The van der Waals surface area contributed by atoms with E-state index in [4.69, 9.17) is 0 Å². The zero-order chi connectivity index (χ0) is 13.1. The number of amides is 1. The van der Waals surface area contributed by atoms with Crippen molar-refractivity contribution in [2.75, 3.05) is 0 Å². The molecule has 2 aromatic rings. The molecule has 1 N–H and O–H groups in total. The third-order valence-electron chi connectivity index (χ3n) is 3.28. The molecule has 2 rings (SSSR count). The van der Waals surface area contributed by atoms with Gasteiger partial charge in [0.15, 0.2) is 0 Å². The molecular formula is C14H19N3O. The van der Waals surface area contributed by atoms with Crippen LogP contribution < -0.4 is 5.32 Å². The van der Waals surface area contributed by atoms with Gasteiger partial charge in [-0.15, -0.1) is 0 Å². The standard InChI is InChI=1S/C14H19N3O/c1-4-10(2)16-14(18)11(3)17-9-15-12-7-5-6-8-13(12)17/h5-11H,4H2,1-3H3,(H,16,18). The average molecular weight is 245 g/mol. The summed E-state index contributed by atoms with van der Waals surface area (Å²) in [4.78, 5) is 16.4. The molecule has 0 fully saturated rings. The maximum atomic E-state index is 12.1. The van der Waals surface area contributed by atoms with E-state index in [0.717, 1.165) is 17.5 Å². The Morgan fingerprint density at radius 2 is 2.11 bits per heavy atom. The Hall–Kier alpha value is -1.84. The first-order valence-corrected chi connectivity index (χ1v) is 6.35. The van der Waals surface area contributed by atoms with Crippen LogP contribution in [0.4, 0.5) is 0 Å². The van der Waals surface area contributed by atoms with Gasteiger partial charge in [-0.05, 0) is 32.4 Å². The zero-order valence-electron chi connectivity index (χ0n) is 11.1. The number of hydrogen-bond donors (Lipinski definition) is 1. The van der Waals surface area contributed by atoms with E-state index >= 15 is 0 Å². The predicted molar refractivity (Wildman–Crippen MR) is 72.3 cm³/mol. The van der Waals surface area contributed by atoms with Crippen LogP contribution >= 0.6 is 0 Å². The lowest BCUT2D eigenvalue weighted by Crippen LogP contribution is -2.36. The normalized spacial score (nSPS) is 14.4. The fourth-order valence-corrected chi connectivity index (χ4v) is 1.88. The van der Waals surface area contributed by atoms with Crippen LogP contribution in [-0.4, -0.2) is 21.5 Å². The highest BCUT2D eigenvalue weighted by Gasteiger charge is 2.17. The Kier molecular flexibility index (Phi) is 3.65. The van der Waals surface area contributed by atoms with Gasteiger partial charge in [0, 0.05) is 6.04 Å². The molecule has 0 aliphatic heterocycles. The molecule has 2 unspecified atom stereocenters. The molecule has 0 spiro atoms. The Balaban J connectivity index is 2.23. The summed E-state index contributed by atoms with van der Waals surface area (Å²) in [6.45, 7) is 5.96. The van der Waals surface area contributed by atoms with Gasteiger partial charge in [-0.25, -0.2) is 4.98 Å². The monoisotopic (exact) mass is 245 g/mol. The summed E-state index contributed by atoms with van der Waals surface area (Å²) >= 11 is 0. The topological polar surface area (TPSA) is 46.9 Å². The van der Waals surface area contributed by atoms with Gasteiger partial charge in [-0.1, -0.05) is 19.1 Å². The van der Waals surface area contributed by atoms with Gasteiger partial charge in [0.1, 0.15) is 6.04 Å². The van der Waals surface area contributed by atoms with E-state index in [-0.39, 0.29) is 18.0 Å². The molecule has 0 aliphatic rings. The Morgan fingerprint density at radius 1 is 1.39 bits per heavy atom. The maximum Gasteiger partial charge on any atom is 0.243 e. The van der Waals surface area contributed by atoms with E-state index < -0.39 is 0 Å². The first kappa shape index (κ1) is 12.6. The smallest absolute Gasteiger partial charge is 0.243 e. The van der Waals surface area contributed by atoms with Crippen LogP contribution in [0.25, 0.3) is 11.0 Å². The fraction of sp³-hybridized carbons (Fsp3) is 0.429. The SMILES string of the molecule is CCC(C)NC(=O)C(C)n1cnc2ccccc21. The van der Waals surface area contributed by atoms with Gasteiger partial charge in [0.25, 0.3) is 0 Å². The van der Waals surface area contributed by atoms with E-state index in [1.807, 2.05) is 42.7 Å². The van der Waals surface area contributed by atoms with Crippen molar-refractivity contribution >= 4 is 16.9 Å². The molecule has 0 saturated heterocycles. The molecule has 0 radical (unpaired) electrons. The van der Waals surface area contributed by atoms with E-state index in [0.29, 0.717) is 0 Å². The minimum absolute atomic E-state index is 0.0347. The Bertz CT molecular complexity index is 547. The van der Waals surface area contributed by atoms with E-state index in [2.05, 4.69) is 17.2 Å². The first-order chi connectivity index (χ1) is 8.63. The van der Waals surface area contributed by atoms with Crippen LogP contribution in [0, 0.1) is 0 Å². The van der Waals surface area contributed by atoms with Crippen LogP contribution in [0.15, 0.2) is 30.6 Å². The number of aromatic nitrogens is 2. The van der Waals surface area contributed by atoms with Crippen molar-refractivity contribution in [2.24, 2.45) is 0 Å². The average Bonchev–Trinajstić information content (AvgIpc) is 2.81. The molecule has 4 nitrogen and oxygen atoms in total. The second kappa shape index (κ2) is 5.21. The molecular weight excluding hydrogens is 226 g/mol. The molecule has 0 bridgehead atoms. The molecule has 2 atom stereocenters. The largest absolute Gasteiger partial charge is 0.352 e. The third kappa shape index (κ3) is 2.37. The quantitative estimate of drug-likeness (QED) is 0.899. The number of fused-ring (bicyclic) bond motifs is 1. The van der Waals surface area contributed by atoms with E-state index in [1.54, 1.807) is 6.33 Å². The number of rotatable bonds is 4. The second-order valence-corrected chi connectivity index (χ2v) is 4.63. The lowest BCUT2D eigenvalue weighted by molar-refractivity contribution is -0.124. The van der Waals surface area contributed by atoms with Crippen molar-refractivity contribution in [3.8, 4) is 0 Å². The van der Waals surface area contributed by atoms with Gasteiger partial charge in [0.2, 0.25) is 5.91 Å². The first-order valence-electron chi connectivity index (χ1n) is 6.35. The fourth-order valence-electron chi connectivity index (χ4n) is 1.88. The van der Waals surface area contributed by atoms with Crippen molar-refractivity contribution in [1.82, 2.24) is 14.9 Å². The van der Waals surface area contributed by atoms with Crippen molar-refractivity contribution in [3.63, 3.8) is 0 Å². The molecule has 0 aliphatic carbocycles. The molecule has 1 heterocycles. The van der Waals surface area contributed by atoms with Gasteiger partial charge in [-0.3, -0.25) is 4.79 Å². The molecule has 1 aromatic carbocycles. The van der Waals surface area contributed by atoms with Gasteiger partial charge in [0.05, 0.1) is 17.4 Å². The van der Waals surface area contributed by atoms with Gasteiger partial charge in [-0.2, -0.15) is 0 Å². The number of benzene rings is 1. The summed E-state index contributed by atoms with van der Waals surface area (Å²) in [7, 11) is 0. The molecule has 96 valence electrons. The Morgan fingerprint density at radius 3 is 2.83 bits per heavy atom. The number of carbonyl (C=O) groups is 1. The number of hydrogen-bond acceptors (Lipinski definition) is 2. The van der Waals surface area contributed by atoms with Crippen LogP contribution in [0.3, 0.4) is 0 Å².